The molecule has 0 radical (unpaired) electrons. The van der Waals surface area contributed by atoms with Crippen molar-refractivity contribution in [2.75, 3.05) is 35.8 Å². The van der Waals surface area contributed by atoms with Crippen molar-refractivity contribution in [3.05, 3.63) is 224 Å². The van der Waals surface area contributed by atoms with Crippen molar-refractivity contribution in [2.45, 2.75) is 107 Å². The number of rotatable bonds is 27. The topological polar surface area (TPSA) is 500 Å². The third kappa shape index (κ3) is 22.2. The summed E-state index contributed by atoms with van der Waals surface area (Å²) in [5.74, 6) is -1.33. The molecule has 39 heteroatoms. The summed E-state index contributed by atoms with van der Waals surface area (Å²) < 4.78 is 80.3. The van der Waals surface area contributed by atoms with E-state index in [1.165, 1.54) is 71.6 Å². The lowest BCUT2D eigenvalue weighted by Crippen LogP contribution is -2.24. The van der Waals surface area contributed by atoms with Crippen LogP contribution in [0.4, 0.5) is 17.5 Å². The molecule has 12 rings (SSSR count). The Kier molecular flexibility index (Phi) is 27.3. The van der Waals surface area contributed by atoms with Crippen molar-refractivity contribution >= 4 is 135 Å². The number of thiophene rings is 3. The predicted molar refractivity (Wildman–Crippen MR) is 403 cm³/mol. The Bertz CT molecular complexity index is 5020. The maximum absolute atomic E-state index is 13.4. The average Bonchev–Trinajstić information content (AvgIpc) is 1.71. The molecule has 6 heterocycles. The summed E-state index contributed by atoms with van der Waals surface area (Å²) in [6.07, 6.45) is 6.97. The summed E-state index contributed by atoms with van der Waals surface area (Å²) in [5, 5.41) is 81.8. The number of hydrogen-bond acceptors (Lipinski definition) is 30. The van der Waals surface area contributed by atoms with Crippen LogP contribution in [0.15, 0.2) is 139 Å². The minimum absolute atomic E-state index is 0.224. The first-order chi connectivity index (χ1) is 50.6. The van der Waals surface area contributed by atoms with Crippen LogP contribution in [-0.2, 0) is 49.1 Å². The fourth-order valence-corrected chi connectivity index (χ4v) is 17.1. The minimum atomic E-state index is -4.11. The monoisotopic (exact) mass is 1640 g/mol. The molecular formula is C68H74Cl3N13O17S6. The lowest BCUT2D eigenvalue weighted by molar-refractivity contribution is 0.100. The van der Waals surface area contributed by atoms with Crippen molar-refractivity contribution in [2.24, 2.45) is 38.9 Å². The fraction of sp³-hybridized carbons (Fsp3) is 0.338. The molecule has 3 aromatic carbocycles. The Morgan fingerprint density at radius 3 is 1.36 bits per heavy atom. The molecule has 3 fully saturated rings. The quantitative estimate of drug-likeness (QED) is 0.0225. The fourth-order valence-electron chi connectivity index (χ4n) is 12.5. The lowest BCUT2D eigenvalue weighted by Gasteiger charge is -2.23. The molecule has 570 valence electrons. The number of nitrogens with one attached hydrogen (secondary N) is 3. The van der Waals surface area contributed by atoms with Gasteiger partial charge in [0.25, 0.3) is 0 Å². The first kappa shape index (κ1) is 82.2. The van der Waals surface area contributed by atoms with Gasteiger partial charge in [-0.25, -0.2) is 45.3 Å². The van der Waals surface area contributed by atoms with E-state index in [0.717, 1.165) is 16.0 Å². The van der Waals surface area contributed by atoms with Crippen LogP contribution >= 0.6 is 68.8 Å². The number of aliphatic hydroxyl groups is 5. The Labute approximate surface area is 642 Å². The summed E-state index contributed by atoms with van der Waals surface area (Å²) >= 11 is 21.9. The number of hydrogen-bond donors (Lipinski definition) is 12. The summed E-state index contributed by atoms with van der Waals surface area (Å²) in [6, 6.07) is 24.8. The Morgan fingerprint density at radius 1 is 0.542 bits per heavy atom. The highest BCUT2D eigenvalue weighted by Crippen LogP contribution is 2.39. The van der Waals surface area contributed by atoms with E-state index in [9.17, 15) is 65.2 Å². The van der Waals surface area contributed by atoms with Crippen LogP contribution in [0.5, 0.6) is 0 Å². The zero-order chi connectivity index (χ0) is 77.3. The molecule has 0 spiro atoms. The smallest absolute Gasteiger partial charge is 0.333 e. The lowest BCUT2D eigenvalue weighted by atomic mass is 9.90. The normalized spacial score (nSPS) is 21.2. The molecule has 3 aliphatic rings. The number of nitrogens with zero attached hydrogens (tertiary/aromatic N) is 6. The molecule has 30 nitrogen and oxygen atoms in total. The Morgan fingerprint density at radius 2 is 0.935 bits per heavy atom. The summed E-state index contributed by atoms with van der Waals surface area (Å²) in [5.41, 5.74) is 9.83. The molecule has 107 heavy (non-hydrogen) atoms. The second kappa shape index (κ2) is 35.6. The van der Waals surface area contributed by atoms with Crippen LogP contribution in [0.1, 0.15) is 142 Å². The summed E-state index contributed by atoms with van der Waals surface area (Å²) in [6.45, 7) is 2.84. The molecule has 12 atom stereocenters. The molecule has 0 bridgehead atoms. The van der Waals surface area contributed by atoms with E-state index in [1.807, 2.05) is 19.1 Å². The molecule has 6 aromatic heterocycles. The van der Waals surface area contributed by atoms with Gasteiger partial charge in [0.1, 0.15) is 48.1 Å². The first-order valence-electron chi connectivity index (χ1n) is 32.7. The van der Waals surface area contributed by atoms with Crippen molar-refractivity contribution in [3.8, 4) is 0 Å². The second-order valence-electron chi connectivity index (χ2n) is 25.7. The van der Waals surface area contributed by atoms with Crippen molar-refractivity contribution < 1.29 is 77.7 Å². The van der Waals surface area contributed by atoms with Crippen LogP contribution in [0.25, 0.3) is 0 Å². The zero-order valence-electron chi connectivity index (χ0n) is 56.7. The summed E-state index contributed by atoms with van der Waals surface area (Å²) in [4.78, 5) is 66.8. The van der Waals surface area contributed by atoms with Gasteiger partial charge in [-0.3, -0.25) is 26.9 Å². The van der Waals surface area contributed by atoms with E-state index in [1.54, 1.807) is 96.5 Å². The van der Waals surface area contributed by atoms with Gasteiger partial charge in [-0.2, -0.15) is 25.3 Å². The van der Waals surface area contributed by atoms with Crippen molar-refractivity contribution in [3.63, 3.8) is 0 Å². The predicted octanol–water partition coefficient (Wildman–Crippen LogP) is 7.28. The van der Waals surface area contributed by atoms with Crippen molar-refractivity contribution in [1.82, 2.24) is 29.9 Å². The minimum Gasteiger partial charge on any atom is -0.393 e. The number of anilines is 3. The molecule has 0 saturated heterocycles. The number of nitrogens with two attached hydrogens (primary N) is 4. The molecule has 16 N–H and O–H groups in total. The van der Waals surface area contributed by atoms with E-state index in [-0.39, 0.29) is 77.8 Å². The maximum atomic E-state index is 13.4. The maximum Gasteiger partial charge on any atom is 0.333 e. The average molecular weight is 1640 g/mol. The van der Waals surface area contributed by atoms with Gasteiger partial charge in [0.15, 0.2) is 0 Å². The molecule has 3 aliphatic carbocycles. The Balaban J connectivity index is 0.000000172. The van der Waals surface area contributed by atoms with Crippen molar-refractivity contribution in [1.29, 1.82) is 0 Å². The largest absolute Gasteiger partial charge is 0.393 e. The number of halogens is 3. The highest BCUT2D eigenvalue weighted by molar-refractivity contribution is 7.84. The standard InChI is InChI=1S/C23H26ClN5O5S2.C23H25ClN4O6S2.C22H23ClN4O6S2/c1-12-17(21(25)13-3-2-4-15(24)5-13)8-20(35-12)22(31)18-9-27-11-28-23(18)29-16-6-14(19(30)7-16)10-34-36(26,32)33;1-23(31,14-3-2-4-16(24)6-14)15-7-20(35-11-15)21(30)18-9-26-12-27-22(18)28-17-5-13(19(29)8-17)10-34-36(25,32)33;23-15-3-1-2-12(4-15)20(29)14-6-19(34-10-14)21(30)17-8-25-11-26-22(17)27-16-5-13(18(28)7-16)9-33-35(24,31)32/h2-5,8-9,11,14,16,19,21,30H,6-7,10,25H2,1H3,(H2,26,32,33)(H,27,28,29);2-4,6-7,9,11-13,17,19,29,31H,5,8,10H2,1H3,(H2,25,32,33)(H,26,27,28);1-4,6,8,10-11,13,16,18,20,28-29H,5,7,9H2,(H2,24,31,32)(H,25,26,27)/t14-,16-,19+,21?;13-,17-,19+,23?;13-,16-,18+,20?/m111/s1. The van der Waals surface area contributed by atoms with E-state index in [4.69, 9.17) is 56.0 Å². The third-order valence-corrected chi connectivity index (χ3v) is 23.1. The van der Waals surface area contributed by atoms with Crippen LogP contribution in [-0.4, -0.2) is 154 Å². The van der Waals surface area contributed by atoms with Gasteiger partial charge >= 0.3 is 30.9 Å². The SMILES string of the molecule is CC(O)(c1cccc(Cl)c1)c1csc(C(=O)c2cncnc2N[C@@H]2C[C@H](COS(N)(=O)=O)[C@@H](O)C2)c1.Cc1sc(C(=O)c2cncnc2N[C@@H]2C[C@H](COS(N)(=O)=O)[C@@H](O)C2)cc1C(N)c1cccc(Cl)c1.NS(=O)(=O)OC[C@H]1C[C@@H](Nc2ncncc2C(=O)c2cc(C(O)c3cccc(Cl)c3)cs2)C[C@@H]1O. The van der Waals surface area contributed by atoms with Gasteiger partial charge in [0.2, 0.25) is 17.3 Å². The van der Waals surface area contributed by atoms with Crippen LogP contribution < -0.4 is 37.1 Å². The van der Waals surface area contributed by atoms with Gasteiger partial charge in [0.05, 0.1) is 75.5 Å². The van der Waals surface area contributed by atoms with E-state index >= 15 is 0 Å². The molecule has 9 aromatic rings. The van der Waals surface area contributed by atoms with Gasteiger partial charge in [-0.15, -0.1) is 34.0 Å². The first-order valence-corrected chi connectivity index (χ1v) is 40.8. The van der Waals surface area contributed by atoms with E-state index in [2.05, 4.69) is 58.4 Å². The number of carbonyl (C=O) groups excluding carboxylic acids is 3. The van der Waals surface area contributed by atoms with Crippen LogP contribution in [0.2, 0.25) is 15.1 Å². The zero-order valence-corrected chi connectivity index (χ0v) is 63.9. The number of carbonyl (C=O) groups is 3. The molecule has 3 unspecified atom stereocenters. The third-order valence-electron chi connectivity index (χ3n) is 18.0. The van der Waals surface area contributed by atoms with E-state index < -0.39 is 84.7 Å². The number of aryl methyl sites for hydroxylation is 1. The molecule has 0 amide bonds. The number of aromatic nitrogens is 6. The van der Waals surface area contributed by atoms with Gasteiger partial charge in [-0.05, 0) is 151 Å². The van der Waals surface area contributed by atoms with Gasteiger partial charge < -0.3 is 47.2 Å². The highest BCUT2D eigenvalue weighted by Gasteiger charge is 2.39. The van der Waals surface area contributed by atoms with Crippen LogP contribution in [0.3, 0.4) is 0 Å². The second-order valence-corrected chi connectivity index (χ2v) is 33.8. The molecule has 0 aliphatic heterocycles. The van der Waals surface area contributed by atoms with Gasteiger partial charge in [-0.1, -0.05) is 71.2 Å². The highest BCUT2D eigenvalue weighted by atomic mass is 35.5. The Hall–Kier alpha value is -7.35. The molecular weight excluding hydrogens is 1570 g/mol. The number of aliphatic hydroxyl groups excluding tert-OH is 4. The number of benzene rings is 3. The van der Waals surface area contributed by atoms with Gasteiger partial charge in [0, 0.05) is 74.4 Å². The summed E-state index contributed by atoms with van der Waals surface area (Å²) in [7, 11) is -12.3. The number of ketones is 3. The molecule has 3 saturated carbocycles. The van der Waals surface area contributed by atoms with E-state index in [0.29, 0.717) is 102 Å². The van der Waals surface area contributed by atoms with Crippen LogP contribution in [0, 0.1) is 24.7 Å².